The molecule has 2 atom stereocenters. The lowest BCUT2D eigenvalue weighted by atomic mass is 9.76. The largest absolute Gasteiger partial charge is 0.198 e. The fraction of sp³-hybridized carbons (Fsp3) is 0.667. The van der Waals surface area contributed by atoms with Crippen LogP contribution in [0.25, 0.3) is 0 Å². The average Bonchev–Trinajstić information content (AvgIpc) is 1.88. The summed E-state index contributed by atoms with van der Waals surface area (Å²) >= 11 is 0. The molecular weight excluding hydrogens is 122 g/mol. The minimum Gasteiger partial charge on any atom is -0.198 e. The van der Waals surface area contributed by atoms with Gasteiger partial charge in [0.15, 0.2) is 0 Å². The van der Waals surface area contributed by atoms with Gasteiger partial charge in [0.1, 0.15) is 0 Å². The van der Waals surface area contributed by atoms with Gasteiger partial charge in [-0.15, -0.1) is 0 Å². The SMILES string of the molecule is C[C@H]1C=CC[C@@](C)(C#N)C1. The molecule has 0 saturated heterocycles. The van der Waals surface area contributed by atoms with Crippen LogP contribution in [0, 0.1) is 22.7 Å². The van der Waals surface area contributed by atoms with E-state index in [1.807, 2.05) is 6.92 Å². The monoisotopic (exact) mass is 135 g/mol. The highest BCUT2D eigenvalue weighted by molar-refractivity contribution is 5.08. The van der Waals surface area contributed by atoms with Gasteiger partial charge >= 0.3 is 0 Å². The molecule has 0 saturated carbocycles. The first kappa shape index (κ1) is 7.34. The molecule has 10 heavy (non-hydrogen) atoms. The van der Waals surface area contributed by atoms with Crippen LogP contribution in [-0.2, 0) is 0 Å². The molecule has 0 N–H and O–H groups in total. The summed E-state index contributed by atoms with van der Waals surface area (Å²) in [5.41, 5.74) is -0.0891. The lowest BCUT2D eigenvalue weighted by Gasteiger charge is -2.26. The molecule has 0 amide bonds. The fourth-order valence-corrected chi connectivity index (χ4v) is 1.51. The highest BCUT2D eigenvalue weighted by Gasteiger charge is 2.26. The Morgan fingerprint density at radius 1 is 1.70 bits per heavy atom. The van der Waals surface area contributed by atoms with Gasteiger partial charge in [0, 0.05) is 0 Å². The van der Waals surface area contributed by atoms with Crippen molar-refractivity contribution in [1.82, 2.24) is 0 Å². The maximum Gasteiger partial charge on any atom is 0.0690 e. The Morgan fingerprint density at radius 2 is 2.40 bits per heavy atom. The number of allylic oxidation sites excluding steroid dienone is 2. The van der Waals surface area contributed by atoms with Crippen molar-refractivity contribution in [2.75, 3.05) is 0 Å². The molecular formula is C9H13N. The number of hydrogen-bond acceptors (Lipinski definition) is 1. The average molecular weight is 135 g/mol. The number of rotatable bonds is 0. The summed E-state index contributed by atoms with van der Waals surface area (Å²) in [7, 11) is 0. The van der Waals surface area contributed by atoms with Crippen LogP contribution in [-0.4, -0.2) is 0 Å². The van der Waals surface area contributed by atoms with Crippen molar-refractivity contribution in [3.63, 3.8) is 0 Å². The summed E-state index contributed by atoms with van der Waals surface area (Å²) in [5, 5.41) is 8.78. The zero-order valence-electron chi connectivity index (χ0n) is 6.59. The first-order chi connectivity index (χ1) is 4.66. The molecule has 1 rings (SSSR count). The van der Waals surface area contributed by atoms with Crippen LogP contribution >= 0.6 is 0 Å². The summed E-state index contributed by atoms with van der Waals surface area (Å²) in [6.07, 6.45) is 6.25. The van der Waals surface area contributed by atoms with Gasteiger partial charge in [-0.3, -0.25) is 0 Å². The standard InChI is InChI=1S/C9H13N/c1-8-4-3-5-9(2,6-8)7-10/h3-4,8H,5-6H2,1-2H3/t8-,9+/m0/s1. The predicted molar refractivity (Wildman–Crippen MR) is 41.3 cm³/mol. The first-order valence-electron chi connectivity index (χ1n) is 3.74. The molecule has 0 aromatic heterocycles. The van der Waals surface area contributed by atoms with E-state index in [0.717, 1.165) is 12.8 Å². The van der Waals surface area contributed by atoms with Crippen LogP contribution in [0.4, 0.5) is 0 Å². The van der Waals surface area contributed by atoms with Crippen LogP contribution in [0.3, 0.4) is 0 Å². The van der Waals surface area contributed by atoms with Crippen LogP contribution in [0.5, 0.6) is 0 Å². The number of nitrogens with zero attached hydrogens (tertiary/aromatic N) is 1. The van der Waals surface area contributed by atoms with E-state index in [1.165, 1.54) is 0 Å². The summed E-state index contributed by atoms with van der Waals surface area (Å²) in [4.78, 5) is 0. The van der Waals surface area contributed by atoms with Crippen LogP contribution in [0.1, 0.15) is 26.7 Å². The number of nitriles is 1. The quantitative estimate of drug-likeness (QED) is 0.468. The van der Waals surface area contributed by atoms with E-state index >= 15 is 0 Å². The Balaban J connectivity index is 2.70. The molecule has 0 heterocycles. The van der Waals surface area contributed by atoms with Gasteiger partial charge in [-0.1, -0.05) is 19.1 Å². The highest BCUT2D eigenvalue weighted by atomic mass is 14.4. The van der Waals surface area contributed by atoms with Crippen molar-refractivity contribution in [2.24, 2.45) is 11.3 Å². The molecule has 0 spiro atoms. The van der Waals surface area contributed by atoms with Crippen molar-refractivity contribution in [3.05, 3.63) is 12.2 Å². The van der Waals surface area contributed by atoms with Gasteiger partial charge in [-0.2, -0.15) is 5.26 Å². The lowest BCUT2D eigenvalue weighted by Crippen LogP contribution is -2.19. The highest BCUT2D eigenvalue weighted by Crippen LogP contribution is 2.33. The molecule has 0 fully saturated rings. The molecule has 0 aliphatic heterocycles. The van der Waals surface area contributed by atoms with Crippen LogP contribution < -0.4 is 0 Å². The topological polar surface area (TPSA) is 23.8 Å². The summed E-state index contributed by atoms with van der Waals surface area (Å²) in [6, 6.07) is 2.36. The maximum absolute atomic E-state index is 8.78. The molecule has 0 unspecified atom stereocenters. The van der Waals surface area contributed by atoms with E-state index in [4.69, 9.17) is 5.26 Å². The Morgan fingerprint density at radius 3 is 2.80 bits per heavy atom. The Kier molecular flexibility index (Phi) is 1.80. The summed E-state index contributed by atoms with van der Waals surface area (Å²) < 4.78 is 0. The second kappa shape index (κ2) is 2.46. The van der Waals surface area contributed by atoms with E-state index < -0.39 is 0 Å². The lowest BCUT2D eigenvalue weighted by molar-refractivity contribution is 0.347. The second-order valence-electron chi connectivity index (χ2n) is 3.49. The van der Waals surface area contributed by atoms with Crippen molar-refractivity contribution < 1.29 is 0 Å². The van der Waals surface area contributed by atoms with Gasteiger partial charge in [-0.05, 0) is 25.7 Å². The van der Waals surface area contributed by atoms with E-state index in [0.29, 0.717) is 5.92 Å². The Hall–Kier alpha value is -0.770. The Labute approximate surface area is 62.4 Å². The third kappa shape index (κ3) is 1.39. The minimum absolute atomic E-state index is 0.0891. The van der Waals surface area contributed by atoms with E-state index in [9.17, 15) is 0 Å². The molecule has 54 valence electrons. The molecule has 0 aromatic rings. The molecule has 0 bridgehead atoms. The molecule has 1 heteroatoms. The number of hydrogen-bond donors (Lipinski definition) is 0. The van der Waals surface area contributed by atoms with Gasteiger partial charge < -0.3 is 0 Å². The smallest absolute Gasteiger partial charge is 0.0690 e. The zero-order chi connectivity index (χ0) is 7.61. The van der Waals surface area contributed by atoms with Crippen LogP contribution in [0.2, 0.25) is 0 Å². The summed E-state index contributed by atoms with van der Waals surface area (Å²) in [6.45, 7) is 4.19. The van der Waals surface area contributed by atoms with Crippen molar-refractivity contribution in [3.8, 4) is 6.07 Å². The van der Waals surface area contributed by atoms with Gasteiger partial charge in [0.2, 0.25) is 0 Å². The zero-order valence-corrected chi connectivity index (χ0v) is 6.59. The molecule has 1 nitrogen and oxygen atoms in total. The van der Waals surface area contributed by atoms with Crippen molar-refractivity contribution in [1.29, 1.82) is 5.26 Å². The molecule has 1 aliphatic rings. The van der Waals surface area contributed by atoms with E-state index in [1.54, 1.807) is 0 Å². The predicted octanol–water partition coefficient (Wildman–Crippen LogP) is 2.50. The molecule has 0 aromatic carbocycles. The van der Waals surface area contributed by atoms with Gasteiger partial charge in [-0.25, -0.2) is 0 Å². The molecule has 1 aliphatic carbocycles. The fourth-order valence-electron chi connectivity index (χ4n) is 1.51. The van der Waals surface area contributed by atoms with Gasteiger partial charge in [0.05, 0.1) is 11.5 Å². The molecule has 0 radical (unpaired) electrons. The second-order valence-corrected chi connectivity index (χ2v) is 3.49. The Bertz CT molecular complexity index is 187. The van der Waals surface area contributed by atoms with E-state index in [-0.39, 0.29) is 5.41 Å². The third-order valence-electron chi connectivity index (χ3n) is 2.08. The first-order valence-corrected chi connectivity index (χ1v) is 3.74. The maximum atomic E-state index is 8.78. The van der Waals surface area contributed by atoms with Crippen molar-refractivity contribution >= 4 is 0 Å². The third-order valence-corrected chi connectivity index (χ3v) is 2.08. The van der Waals surface area contributed by atoms with Crippen molar-refractivity contribution in [2.45, 2.75) is 26.7 Å². The normalized spacial score (nSPS) is 39.1. The van der Waals surface area contributed by atoms with Crippen LogP contribution in [0.15, 0.2) is 12.2 Å². The van der Waals surface area contributed by atoms with E-state index in [2.05, 4.69) is 25.1 Å². The van der Waals surface area contributed by atoms with Gasteiger partial charge in [0.25, 0.3) is 0 Å². The summed E-state index contributed by atoms with van der Waals surface area (Å²) in [5.74, 6) is 0.582. The minimum atomic E-state index is -0.0891.